The molecule has 1 unspecified atom stereocenters. The maximum absolute atomic E-state index is 13.1. The van der Waals surface area contributed by atoms with Gasteiger partial charge < -0.3 is 11.1 Å². The highest BCUT2D eigenvalue weighted by Gasteiger charge is 2.14. The first-order chi connectivity index (χ1) is 8.92. The molecule has 1 aromatic carbocycles. The molecule has 19 heavy (non-hydrogen) atoms. The monoisotopic (exact) mass is 266 g/mol. The van der Waals surface area contributed by atoms with Crippen LogP contribution in [-0.4, -0.2) is 12.5 Å². The molecule has 0 aromatic heterocycles. The van der Waals surface area contributed by atoms with E-state index in [4.69, 9.17) is 5.73 Å². The zero-order valence-corrected chi connectivity index (χ0v) is 11.9. The summed E-state index contributed by atoms with van der Waals surface area (Å²) < 4.78 is 13.1. The van der Waals surface area contributed by atoms with Crippen LogP contribution in [0.15, 0.2) is 18.2 Å². The summed E-state index contributed by atoms with van der Waals surface area (Å²) >= 11 is 0. The largest absolute Gasteiger partial charge is 0.330 e. The molecule has 1 atom stereocenters. The number of benzene rings is 1. The predicted molar refractivity (Wildman–Crippen MR) is 76.4 cm³/mol. The van der Waals surface area contributed by atoms with Crippen LogP contribution in [0.2, 0.25) is 0 Å². The Morgan fingerprint density at radius 2 is 2.11 bits per heavy atom. The summed E-state index contributed by atoms with van der Waals surface area (Å²) in [4.78, 5) is 11.9. The lowest BCUT2D eigenvalue weighted by molar-refractivity contribution is -0.117. The van der Waals surface area contributed by atoms with Gasteiger partial charge in [-0.2, -0.15) is 0 Å². The van der Waals surface area contributed by atoms with E-state index >= 15 is 0 Å². The van der Waals surface area contributed by atoms with Gasteiger partial charge in [0.1, 0.15) is 5.82 Å². The Kier molecular flexibility index (Phi) is 5.96. The number of amides is 1. The minimum absolute atomic E-state index is 0.0675. The van der Waals surface area contributed by atoms with E-state index in [2.05, 4.69) is 19.2 Å². The number of carbonyl (C=O) groups is 1. The van der Waals surface area contributed by atoms with Crippen LogP contribution in [0.1, 0.15) is 32.3 Å². The van der Waals surface area contributed by atoms with E-state index in [0.29, 0.717) is 30.1 Å². The van der Waals surface area contributed by atoms with Gasteiger partial charge in [0.25, 0.3) is 0 Å². The van der Waals surface area contributed by atoms with Gasteiger partial charge in [-0.3, -0.25) is 4.79 Å². The van der Waals surface area contributed by atoms with Crippen LogP contribution in [0.25, 0.3) is 0 Å². The highest BCUT2D eigenvalue weighted by Crippen LogP contribution is 2.17. The topological polar surface area (TPSA) is 55.1 Å². The van der Waals surface area contributed by atoms with Crippen LogP contribution in [0.5, 0.6) is 0 Å². The van der Waals surface area contributed by atoms with Crippen molar-refractivity contribution in [3.63, 3.8) is 0 Å². The molecule has 0 fully saturated rings. The lowest BCUT2D eigenvalue weighted by Gasteiger charge is -2.16. The van der Waals surface area contributed by atoms with Crippen molar-refractivity contribution in [2.75, 3.05) is 11.9 Å². The van der Waals surface area contributed by atoms with E-state index in [1.807, 2.05) is 0 Å². The minimum Gasteiger partial charge on any atom is -0.330 e. The average molecular weight is 266 g/mol. The van der Waals surface area contributed by atoms with E-state index in [9.17, 15) is 9.18 Å². The van der Waals surface area contributed by atoms with E-state index in [-0.39, 0.29) is 17.6 Å². The zero-order chi connectivity index (χ0) is 14.4. The fourth-order valence-electron chi connectivity index (χ4n) is 2.13. The number of anilines is 1. The first-order valence-electron chi connectivity index (χ1n) is 6.68. The van der Waals surface area contributed by atoms with Crippen molar-refractivity contribution in [1.29, 1.82) is 0 Å². The Morgan fingerprint density at radius 3 is 2.63 bits per heavy atom. The molecule has 0 aliphatic heterocycles. The van der Waals surface area contributed by atoms with Crippen molar-refractivity contribution >= 4 is 11.6 Å². The molecule has 3 N–H and O–H groups in total. The first-order valence-corrected chi connectivity index (χ1v) is 6.68. The van der Waals surface area contributed by atoms with Gasteiger partial charge in [-0.1, -0.05) is 13.8 Å². The predicted octanol–water partition coefficient (Wildman–Crippen LogP) is 3.08. The molecule has 3 nitrogen and oxygen atoms in total. The van der Waals surface area contributed by atoms with Gasteiger partial charge in [0.2, 0.25) is 5.91 Å². The Hall–Kier alpha value is -1.42. The second-order valence-electron chi connectivity index (χ2n) is 5.45. The number of aryl methyl sites for hydroxylation is 1. The molecule has 0 saturated carbocycles. The number of nitrogens with two attached hydrogens (primary N) is 1. The fourth-order valence-corrected chi connectivity index (χ4v) is 2.13. The lowest BCUT2D eigenvalue weighted by atomic mass is 9.94. The van der Waals surface area contributed by atoms with Gasteiger partial charge in [-0.25, -0.2) is 4.39 Å². The molecule has 0 heterocycles. The number of carbonyl (C=O) groups excluding carboxylic acids is 1. The third-order valence-electron chi connectivity index (χ3n) is 3.05. The van der Waals surface area contributed by atoms with Crippen LogP contribution in [-0.2, 0) is 4.79 Å². The van der Waals surface area contributed by atoms with Gasteiger partial charge in [0.15, 0.2) is 0 Å². The third kappa shape index (κ3) is 5.39. The molecule has 106 valence electrons. The summed E-state index contributed by atoms with van der Waals surface area (Å²) in [6.45, 7) is 6.41. The third-order valence-corrected chi connectivity index (χ3v) is 3.05. The normalized spacial score (nSPS) is 12.5. The Labute approximate surface area is 114 Å². The Bertz CT molecular complexity index is 432. The maximum Gasteiger partial charge on any atom is 0.224 e. The molecule has 4 heteroatoms. The summed E-state index contributed by atoms with van der Waals surface area (Å²) in [5.41, 5.74) is 6.83. The molecule has 0 aliphatic carbocycles. The van der Waals surface area contributed by atoms with Gasteiger partial charge >= 0.3 is 0 Å². The van der Waals surface area contributed by atoms with Gasteiger partial charge in [0.05, 0.1) is 0 Å². The Morgan fingerprint density at radius 1 is 1.42 bits per heavy atom. The highest BCUT2D eigenvalue weighted by molar-refractivity contribution is 5.90. The van der Waals surface area contributed by atoms with Crippen molar-refractivity contribution in [2.24, 2.45) is 17.6 Å². The number of nitrogens with one attached hydrogen (secondary N) is 1. The zero-order valence-electron chi connectivity index (χ0n) is 11.9. The average Bonchev–Trinajstić information content (AvgIpc) is 2.32. The van der Waals surface area contributed by atoms with Crippen LogP contribution in [0, 0.1) is 24.6 Å². The van der Waals surface area contributed by atoms with Crippen LogP contribution >= 0.6 is 0 Å². The molecular formula is C15H23FN2O. The Balaban J connectivity index is 2.56. The molecule has 1 rings (SSSR count). The molecule has 0 aliphatic rings. The molecule has 1 amide bonds. The smallest absolute Gasteiger partial charge is 0.224 e. The summed E-state index contributed by atoms with van der Waals surface area (Å²) in [7, 11) is 0. The van der Waals surface area contributed by atoms with Crippen molar-refractivity contribution in [3.05, 3.63) is 29.6 Å². The molecule has 0 spiro atoms. The maximum atomic E-state index is 13.1. The van der Waals surface area contributed by atoms with Crippen LogP contribution in [0.3, 0.4) is 0 Å². The summed E-state index contributed by atoms with van der Waals surface area (Å²) in [5, 5.41) is 2.79. The summed E-state index contributed by atoms with van der Waals surface area (Å²) in [6, 6.07) is 4.56. The van der Waals surface area contributed by atoms with E-state index < -0.39 is 0 Å². The second kappa shape index (κ2) is 7.24. The van der Waals surface area contributed by atoms with Gasteiger partial charge in [0, 0.05) is 12.1 Å². The quantitative estimate of drug-likeness (QED) is 0.831. The number of rotatable bonds is 6. The van der Waals surface area contributed by atoms with Crippen LogP contribution in [0.4, 0.5) is 10.1 Å². The van der Waals surface area contributed by atoms with Crippen molar-refractivity contribution in [2.45, 2.75) is 33.6 Å². The number of hydrogen-bond acceptors (Lipinski definition) is 2. The minimum atomic E-state index is -0.266. The summed E-state index contributed by atoms with van der Waals surface area (Å²) in [6.07, 6.45) is 1.34. The van der Waals surface area contributed by atoms with Crippen molar-refractivity contribution < 1.29 is 9.18 Å². The number of halogens is 1. The molecule has 1 aromatic rings. The van der Waals surface area contributed by atoms with E-state index in [1.54, 1.807) is 19.1 Å². The molecule has 0 saturated heterocycles. The SMILES string of the molecule is Cc1cc(NC(=O)CC(CN)CC(C)C)ccc1F. The van der Waals surface area contributed by atoms with Crippen LogP contribution < -0.4 is 11.1 Å². The van der Waals surface area contributed by atoms with E-state index in [0.717, 1.165) is 6.42 Å². The van der Waals surface area contributed by atoms with Crippen molar-refractivity contribution in [3.8, 4) is 0 Å². The van der Waals surface area contributed by atoms with Crippen molar-refractivity contribution in [1.82, 2.24) is 0 Å². The molecule has 0 radical (unpaired) electrons. The van der Waals surface area contributed by atoms with Gasteiger partial charge in [-0.15, -0.1) is 0 Å². The van der Waals surface area contributed by atoms with Gasteiger partial charge in [-0.05, 0) is 55.5 Å². The second-order valence-corrected chi connectivity index (χ2v) is 5.45. The standard InChI is InChI=1S/C15H23FN2O/c1-10(2)6-12(9-17)8-15(19)18-13-4-5-14(16)11(3)7-13/h4-5,7,10,12H,6,8-9,17H2,1-3H3,(H,18,19). The summed E-state index contributed by atoms with van der Waals surface area (Å²) in [5.74, 6) is 0.385. The fraction of sp³-hybridized carbons (Fsp3) is 0.533. The first kappa shape index (κ1) is 15.6. The van der Waals surface area contributed by atoms with E-state index in [1.165, 1.54) is 6.07 Å². The molecular weight excluding hydrogens is 243 g/mol. The molecule has 0 bridgehead atoms. The number of hydrogen-bond donors (Lipinski definition) is 2. The highest BCUT2D eigenvalue weighted by atomic mass is 19.1. The lowest BCUT2D eigenvalue weighted by Crippen LogP contribution is -2.23.